The zero-order chi connectivity index (χ0) is 25.0. The summed E-state index contributed by atoms with van der Waals surface area (Å²) in [6.07, 6.45) is 1.39. The van der Waals surface area contributed by atoms with Crippen molar-refractivity contribution in [1.29, 1.82) is 0 Å². The fourth-order valence-corrected chi connectivity index (χ4v) is 4.40. The zero-order valence-corrected chi connectivity index (χ0v) is 19.9. The number of hydrogen-bond donors (Lipinski definition) is 1. The van der Waals surface area contributed by atoms with E-state index < -0.39 is 4.92 Å². The van der Waals surface area contributed by atoms with Gasteiger partial charge in [0.2, 0.25) is 11.8 Å². The Balaban J connectivity index is 0.000000192. The number of benzene rings is 2. The van der Waals surface area contributed by atoms with Crippen LogP contribution in [-0.4, -0.2) is 53.8 Å². The van der Waals surface area contributed by atoms with Gasteiger partial charge in [-0.3, -0.25) is 19.7 Å². The lowest BCUT2D eigenvalue weighted by Crippen LogP contribution is -2.34. The summed E-state index contributed by atoms with van der Waals surface area (Å²) >= 11 is 0. The number of fused-ring (bicyclic) bond motifs is 2. The van der Waals surface area contributed by atoms with E-state index in [1.807, 2.05) is 17.0 Å². The lowest BCUT2D eigenvalue weighted by molar-refractivity contribution is -0.385. The summed E-state index contributed by atoms with van der Waals surface area (Å²) in [6, 6.07) is 6.94. The molecule has 2 aromatic rings. The quantitative estimate of drug-likeness (QED) is 0.415. The Morgan fingerprint density at radius 2 is 1.35 bits per heavy atom. The number of rotatable bonds is 3. The number of nitrogens with zero attached hydrogens (tertiary/aromatic N) is 3. The molecule has 0 atom stereocenters. The zero-order valence-electron chi connectivity index (χ0n) is 19.9. The lowest BCUT2D eigenvalue weighted by Gasteiger charge is -2.29. The molecule has 0 fully saturated rings. The molecule has 2 aliphatic rings. The number of nitro benzene ring substituents is 1. The summed E-state index contributed by atoms with van der Waals surface area (Å²) in [5.41, 5.74) is 10.5. The molecule has 0 saturated heterocycles. The fourth-order valence-electron chi connectivity index (χ4n) is 4.40. The highest BCUT2D eigenvalue weighted by atomic mass is 16.6. The Bertz CT molecular complexity index is 1120. The Morgan fingerprint density at radius 1 is 0.882 bits per heavy atom. The smallest absolute Gasteiger partial charge is 0.311 e. The van der Waals surface area contributed by atoms with Gasteiger partial charge in [0.15, 0.2) is 5.75 Å². The van der Waals surface area contributed by atoms with Crippen molar-refractivity contribution in [2.45, 2.75) is 39.8 Å². The van der Waals surface area contributed by atoms with Gasteiger partial charge < -0.3 is 25.0 Å². The van der Waals surface area contributed by atoms with Crippen molar-refractivity contribution in [2.24, 2.45) is 0 Å². The van der Waals surface area contributed by atoms with E-state index >= 15 is 0 Å². The first-order chi connectivity index (χ1) is 16.2. The summed E-state index contributed by atoms with van der Waals surface area (Å²) in [6.45, 7) is 5.56. The number of nitrogens with two attached hydrogens (primary N) is 1. The summed E-state index contributed by atoms with van der Waals surface area (Å²) < 4.78 is 10.5. The average molecular weight is 471 g/mol. The number of amides is 2. The number of nitro groups is 1. The molecule has 182 valence electrons. The van der Waals surface area contributed by atoms with Crippen LogP contribution in [0.2, 0.25) is 0 Å². The molecule has 0 aliphatic carbocycles. The summed E-state index contributed by atoms with van der Waals surface area (Å²) in [5, 5.41) is 10.9. The van der Waals surface area contributed by atoms with E-state index in [0.29, 0.717) is 37.5 Å². The Labute approximate surface area is 198 Å². The maximum Gasteiger partial charge on any atom is 0.311 e. The summed E-state index contributed by atoms with van der Waals surface area (Å²) in [5.74, 6) is 1.21. The molecule has 34 heavy (non-hydrogen) atoms. The van der Waals surface area contributed by atoms with E-state index in [1.165, 1.54) is 20.1 Å². The van der Waals surface area contributed by atoms with Crippen LogP contribution in [0.4, 0.5) is 11.4 Å². The number of anilines is 1. The van der Waals surface area contributed by atoms with Crippen molar-refractivity contribution in [3.05, 3.63) is 56.6 Å². The lowest BCUT2D eigenvalue weighted by atomic mass is 9.97. The molecule has 10 heteroatoms. The minimum Gasteiger partial charge on any atom is -0.494 e. The molecule has 0 bridgehead atoms. The molecule has 2 aromatic carbocycles. The minimum atomic E-state index is -0.448. The molecular formula is C24H30N4O6. The van der Waals surface area contributed by atoms with E-state index in [9.17, 15) is 19.7 Å². The monoisotopic (exact) mass is 470 g/mol. The first-order valence-electron chi connectivity index (χ1n) is 11.0. The first-order valence-corrected chi connectivity index (χ1v) is 11.0. The van der Waals surface area contributed by atoms with Crippen LogP contribution in [0, 0.1) is 10.1 Å². The van der Waals surface area contributed by atoms with Crippen LogP contribution in [0.5, 0.6) is 11.5 Å². The largest absolute Gasteiger partial charge is 0.494 e. The van der Waals surface area contributed by atoms with E-state index in [0.717, 1.165) is 41.0 Å². The third-order valence-electron chi connectivity index (χ3n) is 6.21. The van der Waals surface area contributed by atoms with Gasteiger partial charge >= 0.3 is 5.69 Å². The fraction of sp³-hybridized carbons (Fsp3) is 0.417. The van der Waals surface area contributed by atoms with Gasteiger partial charge in [-0.25, -0.2) is 0 Å². The van der Waals surface area contributed by atoms with Crippen LogP contribution in [0.1, 0.15) is 36.1 Å². The predicted octanol–water partition coefficient (Wildman–Crippen LogP) is 2.69. The predicted molar refractivity (Wildman–Crippen MR) is 127 cm³/mol. The second-order valence-corrected chi connectivity index (χ2v) is 8.22. The Kier molecular flexibility index (Phi) is 7.60. The SMILES string of the molecule is COc1c(N)ccc2c1CCN(C(C)=O)C2.COc1c([N+](=O)[O-])ccc2c1CCN(C(C)=O)C2. The van der Waals surface area contributed by atoms with E-state index in [2.05, 4.69) is 0 Å². The third kappa shape index (κ3) is 5.05. The van der Waals surface area contributed by atoms with Crippen LogP contribution in [0.25, 0.3) is 0 Å². The van der Waals surface area contributed by atoms with Crippen LogP contribution in [0.3, 0.4) is 0 Å². The van der Waals surface area contributed by atoms with Gasteiger partial charge in [-0.05, 0) is 36.1 Å². The molecule has 2 heterocycles. The molecule has 0 aromatic heterocycles. The Hall–Kier alpha value is -3.82. The van der Waals surface area contributed by atoms with Crippen LogP contribution in [-0.2, 0) is 35.5 Å². The molecule has 2 aliphatic heterocycles. The Morgan fingerprint density at radius 3 is 1.79 bits per heavy atom. The third-order valence-corrected chi connectivity index (χ3v) is 6.21. The number of carbonyl (C=O) groups is 2. The van der Waals surface area contributed by atoms with Crippen molar-refractivity contribution in [1.82, 2.24) is 9.80 Å². The highest BCUT2D eigenvalue weighted by Gasteiger charge is 2.26. The van der Waals surface area contributed by atoms with Crippen molar-refractivity contribution in [3.8, 4) is 11.5 Å². The molecule has 2 N–H and O–H groups in total. The molecule has 4 rings (SSSR count). The molecular weight excluding hydrogens is 440 g/mol. The topological polar surface area (TPSA) is 128 Å². The molecule has 0 saturated carbocycles. The van der Waals surface area contributed by atoms with Gasteiger partial charge in [-0.1, -0.05) is 6.07 Å². The van der Waals surface area contributed by atoms with Gasteiger partial charge in [-0.15, -0.1) is 0 Å². The number of nitrogen functional groups attached to an aromatic ring is 1. The highest BCUT2D eigenvalue weighted by Crippen LogP contribution is 2.36. The van der Waals surface area contributed by atoms with E-state index in [4.69, 9.17) is 15.2 Å². The molecule has 10 nitrogen and oxygen atoms in total. The highest BCUT2D eigenvalue weighted by molar-refractivity contribution is 5.74. The van der Waals surface area contributed by atoms with Gasteiger partial charge in [-0.2, -0.15) is 0 Å². The van der Waals surface area contributed by atoms with Gasteiger partial charge in [0.05, 0.1) is 24.8 Å². The van der Waals surface area contributed by atoms with Crippen molar-refractivity contribution in [2.75, 3.05) is 33.0 Å². The minimum absolute atomic E-state index is 0.0120. The van der Waals surface area contributed by atoms with Gasteiger partial charge in [0.1, 0.15) is 5.75 Å². The van der Waals surface area contributed by atoms with Gasteiger partial charge in [0, 0.05) is 57.2 Å². The summed E-state index contributed by atoms with van der Waals surface area (Å²) in [4.78, 5) is 36.6. The molecule has 0 unspecified atom stereocenters. The number of methoxy groups -OCH3 is 2. The van der Waals surface area contributed by atoms with E-state index in [1.54, 1.807) is 25.0 Å². The van der Waals surface area contributed by atoms with E-state index in [-0.39, 0.29) is 17.5 Å². The standard InChI is InChI=1S/C12H14N2O4.C12H16N2O2/c1-8(15)13-6-5-10-9(7-13)3-4-11(14(16)17)12(10)18-2;1-8(15)14-6-5-10-9(7-14)3-4-11(13)12(10)16-2/h3-4H,5-7H2,1-2H3;3-4H,5-7,13H2,1-2H3. The maximum absolute atomic E-state index is 11.3. The second-order valence-electron chi connectivity index (χ2n) is 8.22. The van der Waals surface area contributed by atoms with Crippen molar-refractivity contribution in [3.63, 3.8) is 0 Å². The van der Waals surface area contributed by atoms with Crippen molar-refractivity contribution >= 4 is 23.2 Å². The van der Waals surface area contributed by atoms with Crippen LogP contribution >= 0.6 is 0 Å². The molecule has 2 amide bonds. The van der Waals surface area contributed by atoms with Gasteiger partial charge in [0.25, 0.3) is 0 Å². The molecule has 0 radical (unpaired) electrons. The van der Waals surface area contributed by atoms with Crippen LogP contribution in [0.15, 0.2) is 24.3 Å². The van der Waals surface area contributed by atoms with Crippen LogP contribution < -0.4 is 15.2 Å². The maximum atomic E-state index is 11.3. The first kappa shape index (κ1) is 24.8. The van der Waals surface area contributed by atoms with Crippen molar-refractivity contribution < 1.29 is 24.0 Å². The number of carbonyl (C=O) groups excluding carboxylic acids is 2. The molecule has 0 spiro atoms. The normalized spacial score (nSPS) is 14.2. The second kappa shape index (κ2) is 10.4. The summed E-state index contributed by atoms with van der Waals surface area (Å²) in [7, 11) is 3.06. The number of ether oxygens (including phenoxy) is 2. The number of hydrogen-bond acceptors (Lipinski definition) is 7. The average Bonchev–Trinajstić information content (AvgIpc) is 2.82.